The predicted molar refractivity (Wildman–Crippen MR) is 85.6 cm³/mol. The van der Waals surface area contributed by atoms with Crippen LogP contribution in [0.1, 0.15) is 43.6 Å². The van der Waals surface area contributed by atoms with Crippen LogP contribution in [0.25, 0.3) is 6.08 Å². The summed E-state index contributed by atoms with van der Waals surface area (Å²) in [5.41, 5.74) is 3.51. The third-order valence-corrected chi connectivity index (χ3v) is 3.39. The van der Waals surface area contributed by atoms with E-state index in [2.05, 4.69) is 45.0 Å². The van der Waals surface area contributed by atoms with Gasteiger partial charge in [-0.3, -0.25) is 0 Å². The molecule has 0 saturated carbocycles. The molecule has 0 spiro atoms. The summed E-state index contributed by atoms with van der Waals surface area (Å²) in [7, 11) is 0. The molecule has 0 aliphatic carbocycles. The minimum Gasteiger partial charge on any atom is -0.384 e. The van der Waals surface area contributed by atoms with Gasteiger partial charge in [-0.05, 0) is 22.1 Å². The molecule has 0 bridgehead atoms. The van der Waals surface area contributed by atoms with Crippen molar-refractivity contribution in [2.24, 2.45) is 0 Å². The van der Waals surface area contributed by atoms with Gasteiger partial charge in [0.15, 0.2) is 0 Å². The van der Waals surface area contributed by atoms with Crippen LogP contribution in [-0.2, 0) is 5.41 Å². The molecule has 0 saturated heterocycles. The first kappa shape index (κ1) is 14.5. The van der Waals surface area contributed by atoms with Gasteiger partial charge in [0, 0.05) is 0 Å². The van der Waals surface area contributed by atoms with Crippen LogP contribution in [0.15, 0.2) is 60.7 Å². The van der Waals surface area contributed by atoms with Gasteiger partial charge in [0.2, 0.25) is 0 Å². The molecule has 104 valence electrons. The topological polar surface area (TPSA) is 20.2 Å². The van der Waals surface area contributed by atoms with Crippen LogP contribution < -0.4 is 0 Å². The minimum atomic E-state index is -0.557. The Labute approximate surface area is 121 Å². The van der Waals surface area contributed by atoms with Crippen molar-refractivity contribution in [2.75, 3.05) is 0 Å². The quantitative estimate of drug-likeness (QED) is 0.851. The summed E-state index contributed by atoms with van der Waals surface area (Å²) in [6.45, 7) is 6.62. The van der Waals surface area contributed by atoms with Crippen molar-refractivity contribution in [3.8, 4) is 0 Å². The van der Waals surface area contributed by atoms with Gasteiger partial charge in [-0.25, -0.2) is 0 Å². The normalized spacial score (nSPS) is 13.6. The molecule has 2 aromatic carbocycles. The second-order valence-electron chi connectivity index (χ2n) is 6.09. The van der Waals surface area contributed by atoms with Crippen LogP contribution in [0, 0.1) is 0 Å². The average molecular weight is 266 g/mol. The number of hydrogen-bond acceptors (Lipinski definition) is 1. The Morgan fingerprint density at radius 2 is 1.50 bits per heavy atom. The first-order valence-electron chi connectivity index (χ1n) is 6.98. The van der Waals surface area contributed by atoms with Gasteiger partial charge in [-0.15, -0.1) is 0 Å². The Kier molecular flexibility index (Phi) is 4.41. The molecule has 0 aliphatic heterocycles. The highest BCUT2D eigenvalue weighted by Gasteiger charge is 2.12. The molecule has 1 nitrogen and oxygen atoms in total. The molecule has 0 radical (unpaired) electrons. The SMILES string of the molecule is CC(C)(C)c1ccc(/C=C/C(O)c2ccccc2)cc1. The van der Waals surface area contributed by atoms with Crippen LogP contribution in [-0.4, -0.2) is 5.11 Å². The van der Waals surface area contributed by atoms with E-state index in [-0.39, 0.29) is 5.41 Å². The summed E-state index contributed by atoms with van der Waals surface area (Å²) in [4.78, 5) is 0. The molecular formula is C19H22O. The number of hydrogen-bond donors (Lipinski definition) is 1. The Morgan fingerprint density at radius 3 is 2.05 bits per heavy atom. The Bertz CT molecular complexity index is 559. The van der Waals surface area contributed by atoms with Crippen LogP contribution in [0.2, 0.25) is 0 Å². The molecule has 1 N–H and O–H groups in total. The first-order valence-corrected chi connectivity index (χ1v) is 6.98. The van der Waals surface area contributed by atoms with Crippen molar-refractivity contribution in [3.63, 3.8) is 0 Å². The van der Waals surface area contributed by atoms with E-state index >= 15 is 0 Å². The highest BCUT2D eigenvalue weighted by Crippen LogP contribution is 2.23. The largest absolute Gasteiger partial charge is 0.384 e. The number of benzene rings is 2. The lowest BCUT2D eigenvalue weighted by Gasteiger charge is -2.18. The fourth-order valence-electron chi connectivity index (χ4n) is 2.06. The third kappa shape index (κ3) is 3.82. The summed E-state index contributed by atoms with van der Waals surface area (Å²) < 4.78 is 0. The number of aliphatic hydroxyl groups excluding tert-OH is 1. The Balaban J connectivity index is 2.08. The summed E-state index contributed by atoms with van der Waals surface area (Å²) in [5.74, 6) is 0. The zero-order valence-corrected chi connectivity index (χ0v) is 12.4. The number of aliphatic hydroxyl groups is 1. The molecule has 2 rings (SSSR count). The fourth-order valence-corrected chi connectivity index (χ4v) is 2.06. The van der Waals surface area contributed by atoms with Crippen molar-refractivity contribution >= 4 is 6.08 Å². The van der Waals surface area contributed by atoms with Crippen molar-refractivity contribution < 1.29 is 5.11 Å². The smallest absolute Gasteiger partial charge is 0.0975 e. The van der Waals surface area contributed by atoms with Crippen molar-refractivity contribution in [3.05, 3.63) is 77.4 Å². The third-order valence-electron chi connectivity index (χ3n) is 3.39. The van der Waals surface area contributed by atoms with Crippen LogP contribution in [0.4, 0.5) is 0 Å². The summed E-state index contributed by atoms with van der Waals surface area (Å²) in [6, 6.07) is 18.2. The van der Waals surface area contributed by atoms with Gasteiger partial charge in [-0.2, -0.15) is 0 Å². The minimum absolute atomic E-state index is 0.172. The monoisotopic (exact) mass is 266 g/mol. The second-order valence-corrected chi connectivity index (χ2v) is 6.09. The van der Waals surface area contributed by atoms with Gasteiger partial charge in [0.05, 0.1) is 6.10 Å². The summed E-state index contributed by atoms with van der Waals surface area (Å²) in [6.07, 6.45) is 3.23. The highest BCUT2D eigenvalue weighted by molar-refractivity contribution is 5.51. The molecule has 2 aromatic rings. The maximum Gasteiger partial charge on any atom is 0.0975 e. The maximum absolute atomic E-state index is 10.1. The molecule has 1 atom stereocenters. The van der Waals surface area contributed by atoms with E-state index in [1.165, 1.54) is 5.56 Å². The standard InChI is InChI=1S/C19H22O/c1-19(2,3)17-12-9-15(10-13-17)11-14-18(20)16-7-5-4-6-8-16/h4-14,18,20H,1-3H3/b14-11+. The van der Waals surface area contributed by atoms with Gasteiger partial charge in [-0.1, -0.05) is 87.5 Å². The van der Waals surface area contributed by atoms with Crippen molar-refractivity contribution in [1.82, 2.24) is 0 Å². The Morgan fingerprint density at radius 1 is 0.900 bits per heavy atom. The van der Waals surface area contributed by atoms with Gasteiger partial charge < -0.3 is 5.11 Å². The zero-order chi connectivity index (χ0) is 14.6. The fraction of sp³-hybridized carbons (Fsp3) is 0.263. The van der Waals surface area contributed by atoms with Gasteiger partial charge >= 0.3 is 0 Å². The molecule has 1 unspecified atom stereocenters. The highest BCUT2D eigenvalue weighted by atomic mass is 16.3. The van der Waals surface area contributed by atoms with E-state index in [0.717, 1.165) is 11.1 Å². The molecule has 0 amide bonds. The molecule has 0 heterocycles. The zero-order valence-electron chi connectivity index (χ0n) is 12.4. The second kappa shape index (κ2) is 6.06. The van der Waals surface area contributed by atoms with Crippen molar-refractivity contribution in [2.45, 2.75) is 32.3 Å². The summed E-state index contributed by atoms with van der Waals surface area (Å²) >= 11 is 0. The molecule has 20 heavy (non-hydrogen) atoms. The number of rotatable bonds is 3. The van der Waals surface area contributed by atoms with Crippen LogP contribution >= 0.6 is 0 Å². The molecule has 0 aromatic heterocycles. The lowest BCUT2D eigenvalue weighted by Crippen LogP contribution is -2.10. The first-order chi connectivity index (χ1) is 9.47. The van der Waals surface area contributed by atoms with E-state index in [0.29, 0.717) is 0 Å². The molecule has 1 heteroatoms. The molecule has 0 fully saturated rings. The van der Waals surface area contributed by atoms with Crippen molar-refractivity contribution in [1.29, 1.82) is 0 Å². The average Bonchev–Trinajstić information content (AvgIpc) is 2.45. The maximum atomic E-state index is 10.1. The molecule has 0 aliphatic rings. The van der Waals surface area contributed by atoms with E-state index < -0.39 is 6.10 Å². The molecular weight excluding hydrogens is 244 g/mol. The van der Waals surface area contributed by atoms with E-state index in [4.69, 9.17) is 0 Å². The van der Waals surface area contributed by atoms with E-state index in [1.807, 2.05) is 42.5 Å². The summed E-state index contributed by atoms with van der Waals surface area (Å²) in [5, 5.41) is 10.1. The lowest BCUT2D eigenvalue weighted by atomic mass is 9.87. The van der Waals surface area contributed by atoms with Crippen LogP contribution in [0.3, 0.4) is 0 Å². The van der Waals surface area contributed by atoms with Crippen LogP contribution in [0.5, 0.6) is 0 Å². The van der Waals surface area contributed by atoms with Gasteiger partial charge in [0.1, 0.15) is 0 Å². The predicted octanol–water partition coefficient (Wildman–Crippen LogP) is 4.73. The van der Waals surface area contributed by atoms with E-state index in [9.17, 15) is 5.11 Å². The lowest BCUT2D eigenvalue weighted by molar-refractivity contribution is 0.229. The van der Waals surface area contributed by atoms with E-state index in [1.54, 1.807) is 0 Å². The Hall–Kier alpha value is -1.86. The van der Waals surface area contributed by atoms with Gasteiger partial charge in [0.25, 0.3) is 0 Å².